The lowest BCUT2D eigenvalue weighted by molar-refractivity contribution is -0.0242. The highest BCUT2D eigenvalue weighted by Crippen LogP contribution is 2.13. The van der Waals surface area contributed by atoms with E-state index in [0.29, 0.717) is 0 Å². The van der Waals surface area contributed by atoms with Gasteiger partial charge in [0.1, 0.15) is 6.10 Å². The van der Waals surface area contributed by atoms with Crippen molar-refractivity contribution in [1.29, 1.82) is 0 Å². The first-order chi connectivity index (χ1) is 5.34. The van der Waals surface area contributed by atoms with Gasteiger partial charge in [-0.3, -0.25) is 4.84 Å². The Morgan fingerprint density at radius 2 is 2.00 bits per heavy atom. The molecule has 0 bridgehead atoms. The number of hydrogen-bond donors (Lipinski definition) is 1. The minimum Gasteiger partial charge on any atom is -0.259 e. The predicted octanol–water partition coefficient (Wildman–Crippen LogP) is 1.16. The fourth-order valence-corrected chi connectivity index (χ4v) is 0.876. The van der Waals surface area contributed by atoms with Crippen LogP contribution in [0.2, 0.25) is 0 Å². The van der Waals surface area contributed by atoms with Gasteiger partial charge < -0.3 is 0 Å². The van der Waals surface area contributed by atoms with Gasteiger partial charge in [0, 0.05) is 0 Å². The molecule has 0 aliphatic carbocycles. The van der Waals surface area contributed by atoms with Gasteiger partial charge in [0.2, 0.25) is 0 Å². The van der Waals surface area contributed by atoms with E-state index in [2.05, 4.69) is 5.59 Å². The molecule has 1 rings (SSSR count). The molecule has 1 aromatic carbocycles. The Kier molecular flexibility index (Phi) is 3.04. The summed E-state index contributed by atoms with van der Waals surface area (Å²) in [5.41, 5.74) is 4.18. The summed E-state index contributed by atoms with van der Waals surface area (Å²) in [6, 6.07) is 9.79. The van der Waals surface area contributed by atoms with Crippen molar-refractivity contribution in [3.8, 4) is 0 Å². The minimum atomic E-state index is -0.0683. The molecule has 0 aliphatic rings. The fraction of sp³-hybridized carbons (Fsp3) is 0.250. The Labute approximate surface area is 66.1 Å². The van der Waals surface area contributed by atoms with Gasteiger partial charge in [-0.15, -0.1) is 0 Å². The number of benzene rings is 1. The average molecular weight is 151 g/mol. The highest BCUT2D eigenvalue weighted by Gasteiger charge is 2.03. The van der Waals surface area contributed by atoms with Crippen molar-refractivity contribution < 1.29 is 4.84 Å². The van der Waals surface area contributed by atoms with Crippen LogP contribution in [0, 0.1) is 0 Å². The molecule has 1 atom stereocenters. The maximum atomic E-state index is 4.87. The van der Waals surface area contributed by atoms with E-state index in [1.807, 2.05) is 37.3 Å². The van der Waals surface area contributed by atoms with Gasteiger partial charge in [-0.1, -0.05) is 30.3 Å². The third-order valence-corrected chi connectivity index (χ3v) is 1.49. The SMILES string of the molecule is CC(O[N]N)c1ccccc1. The average Bonchev–Trinajstić information content (AvgIpc) is 2.07. The third kappa shape index (κ3) is 2.31. The molecule has 0 aromatic heterocycles. The molecule has 1 unspecified atom stereocenters. The molecule has 0 saturated heterocycles. The summed E-state index contributed by atoms with van der Waals surface area (Å²) in [5.74, 6) is 4.87. The van der Waals surface area contributed by atoms with Crippen LogP contribution in [0.4, 0.5) is 0 Å². The van der Waals surface area contributed by atoms with Crippen LogP contribution in [0.3, 0.4) is 0 Å². The van der Waals surface area contributed by atoms with Gasteiger partial charge in [0.15, 0.2) is 0 Å². The van der Waals surface area contributed by atoms with Gasteiger partial charge in [-0.2, -0.15) is 0 Å². The summed E-state index contributed by atoms with van der Waals surface area (Å²) < 4.78 is 0. The molecule has 11 heavy (non-hydrogen) atoms. The Morgan fingerprint density at radius 1 is 1.36 bits per heavy atom. The molecular weight excluding hydrogens is 140 g/mol. The van der Waals surface area contributed by atoms with Crippen LogP contribution < -0.4 is 11.4 Å². The van der Waals surface area contributed by atoms with Gasteiger partial charge in [0.05, 0.1) is 0 Å². The molecule has 1 radical (unpaired) electrons. The van der Waals surface area contributed by atoms with Gasteiger partial charge in [-0.25, -0.2) is 5.84 Å². The maximum absolute atomic E-state index is 4.87. The van der Waals surface area contributed by atoms with E-state index in [1.54, 1.807) is 0 Å². The molecule has 59 valence electrons. The van der Waals surface area contributed by atoms with Gasteiger partial charge >= 0.3 is 0 Å². The summed E-state index contributed by atoms with van der Waals surface area (Å²) in [6.45, 7) is 1.89. The highest BCUT2D eigenvalue weighted by atomic mass is 16.7. The standard InChI is InChI=1S/C8H11N2O/c1-7(11-10-9)8-5-3-2-4-6-8/h2-7H,9H2,1H3. The summed E-state index contributed by atoms with van der Waals surface area (Å²) in [5, 5.41) is 0. The maximum Gasteiger partial charge on any atom is 0.105 e. The second kappa shape index (κ2) is 4.08. The molecule has 2 N–H and O–H groups in total. The Morgan fingerprint density at radius 3 is 2.55 bits per heavy atom. The highest BCUT2D eigenvalue weighted by molar-refractivity contribution is 5.16. The molecule has 3 heteroatoms. The molecule has 0 heterocycles. The van der Waals surface area contributed by atoms with Crippen LogP contribution in [0.1, 0.15) is 18.6 Å². The van der Waals surface area contributed by atoms with Crippen LogP contribution in [-0.2, 0) is 4.84 Å². The van der Waals surface area contributed by atoms with Crippen molar-refractivity contribution in [2.24, 2.45) is 5.84 Å². The van der Waals surface area contributed by atoms with Crippen LogP contribution >= 0.6 is 0 Å². The van der Waals surface area contributed by atoms with Crippen LogP contribution in [0.5, 0.6) is 0 Å². The summed E-state index contributed by atoms with van der Waals surface area (Å²) in [4.78, 5) is 4.83. The molecule has 0 saturated carbocycles. The lowest BCUT2D eigenvalue weighted by atomic mass is 10.1. The summed E-state index contributed by atoms with van der Waals surface area (Å²) >= 11 is 0. The van der Waals surface area contributed by atoms with E-state index in [1.165, 1.54) is 0 Å². The number of rotatable bonds is 3. The lowest BCUT2D eigenvalue weighted by Gasteiger charge is -2.08. The first-order valence-corrected chi connectivity index (χ1v) is 3.45. The topological polar surface area (TPSA) is 49.4 Å². The second-order valence-corrected chi connectivity index (χ2v) is 2.26. The minimum absolute atomic E-state index is 0.0683. The van der Waals surface area contributed by atoms with E-state index in [9.17, 15) is 0 Å². The zero-order chi connectivity index (χ0) is 8.10. The Bertz CT molecular complexity index is 201. The molecule has 0 aliphatic heterocycles. The number of nitrogens with two attached hydrogens (primary N) is 1. The van der Waals surface area contributed by atoms with E-state index < -0.39 is 0 Å². The van der Waals surface area contributed by atoms with Crippen molar-refractivity contribution in [2.75, 3.05) is 0 Å². The normalized spacial score (nSPS) is 12.9. The van der Waals surface area contributed by atoms with Crippen LogP contribution in [-0.4, -0.2) is 0 Å². The first-order valence-electron chi connectivity index (χ1n) is 3.45. The molecule has 0 spiro atoms. The first kappa shape index (κ1) is 8.20. The smallest absolute Gasteiger partial charge is 0.105 e. The predicted molar refractivity (Wildman–Crippen MR) is 42.3 cm³/mol. The molecule has 3 nitrogen and oxygen atoms in total. The van der Waals surface area contributed by atoms with Gasteiger partial charge in [0.25, 0.3) is 0 Å². The fourth-order valence-electron chi connectivity index (χ4n) is 0.876. The zero-order valence-corrected chi connectivity index (χ0v) is 6.40. The summed E-state index contributed by atoms with van der Waals surface area (Å²) in [7, 11) is 0. The van der Waals surface area contributed by atoms with E-state index in [-0.39, 0.29) is 6.10 Å². The van der Waals surface area contributed by atoms with Crippen molar-refractivity contribution >= 4 is 0 Å². The lowest BCUT2D eigenvalue weighted by Crippen LogP contribution is -2.15. The van der Waals surface area contributed by atoms with Crippen LogP contribution in [0.15, 0.2) is 30.3 Å². The van der Waals surface area contributed by atoms with Crippen molar-refractivity contribution in [3.05, 3.63) is 35.9 Å². The second-order valence-electron chi connectivity index (χ2n) is 2.26. The monoisotopic (exact) mass is 151 g/mol. The quantitative estimate of drug-likeness (QED) is 0.520. The number of hydrogen-bond acceptors (Lipinski definition) is 2. The third-order valence-electron chi connectivity index (χ3n) is 1.49. The van der Waals surface area contributed by atoms with Crippen molar-refractivity contribution in [1.82, 2.24) is 5.59 Å². The van der Waals surface area contributed by atoms with E-state index in [4.69, 9.17) is 10.7 Å². The van der Waals surface area contributed by atoms with Gasteiger partial charge in [-0.05, 0) is 18.1 Å². The summed E-state index contributed by atoms with van der Waals surface area (Å²) in [6.07, 6.45) is -0.0683. The van der Waals surface area contributed by atoms with Crippen molar-refractivity contribution in [3.63, 3.8) is 0 Å². The zero-order valence-electron chi connectivity index (χ0n) is 6.40. The molecular formula is C8H11N2O. The molecule has 0 fully saturated rings. The largest absolute Gasteiger partial charge is 0.259 e. The number of nitrogens with zero attached hydrogens (tertiary/aromatic N) is 1. The van der Waals surface area contributed by atoms with Crippen molar-refractivity contribution in [2.45, 2.75) is 13.0 Å². The van der Waals surface area contributed by atoms with E-state index >= 15 is 0 Å². The van der Waals surface area contributed by atoms with Crippen LogP contribution in [0.25, 0.3) is 0 Å². The Balaban J connectivity index is 2.61. The molecule has 0 amide bonds. The molecule has 1 aromatic rings. The Hall–Kier alpha value is -0.900. The van der Waals surface area contributed by atoms with E-state index in [0.717, 1.165) is 5.56 Å².